The van der Waals surface area contributed by atoms with Gasteiger partial charge in [-0.15, -0.1) is 0 Å². The predicted octanol–water partition coefficient (Wildman–Crippen LogP) is 1.18. The molecule has 7 heteroatoms. The zero-order valence-corrected chi connectivity index (χ0v) is 12.3. The number of hydrogen-bond acceptors (Lipinski definition) is 3. The highest BCUT2D eigenvalue weighted by Crippen LogP contribution is 2.24. The van der Waals surface area contributed by atoms with Crippen molar-refractivity contribution in [1.29, 1.82) is 0 Å². The summed E-state index contributed by atoms with van der Waals surface area (Å²) in [7, 11) is -2.19. The Balaban J connectivity index is 2.21. The van der Waals surface area contributed by atoms with Crippen LogP contribution in [0, 0.1) is 11.7 Å². The normalized spacial score (nSPS) is 20.9. The average molecular weight is 301 g/mol. The molecule has 1 unspecified atom stereocenters. The number of piperidine rings is 1. The Kier molecular flexibility index (Phi) is 4.62. The molecule has 1 aliphatic heterocycles. The maximum Gasteiger partial charge on any atom is 0.303 e. The molecule has 0 amide bonds. The van der Waals surface area contributed by atoms with Crippen molar-refractivity contribution in [2.24, 2.45) is 11.7 Å². The van der Waals surface area contributed by atoms with Crippen molar-refractivity contribution in [1.82, 2.24) is 4.31 Å². The molecule has 1 aromatic rings. The molecular weight excluding hydrogens is 281 g/mol. The number of anilines is 1. The standard InChI is InChI=1S/C13H20FN3O2S/c1-16(13-6-2-5-12(14)8-13)20(18,19)17-7-3-4-11(9-15)10-17/h2,5-6,8,11H,3-4,7,9-10,15H2,1H3. The molecule has 1 aliphatic rings. The maximum atomic E-state index is 13.2. The first-order valence-corrected chi connectivity index (χ1v) is 8.04. The Labute approximate surface area is 119 Å². The third kappa shape index (κ3) is 3.11. The molecule has 1 fully saturated rings. The van der Waals surface area contributed by atoms with Gasteiger partial charge in [0.25, 0.3) is 0 Å². The van der Waals surface area contributed by atoms with Gasteiger partial charge >= 0.3 is 10.2 Å². The molecule has 1 atom stereocenters. The summed E-state index contributed by atoms with van der Waals surface area (Å²) < 4.78 is 40.9. The Morgan fingerprint density at radius 3 is 2.90 bits per heavy atom. The molecule has 20 heavy (non-hydrogen) atoms. The molecule has 0 aromatic heterocycles. The molecule has 1 heterocycles. The van der Waals surface area contributed by atoms with Gasteiger partial charge in [0.1, 0.15) is 5.82 Å². The number of hydrogen-bond donors (Lipinski definition) is 1. The summed E-state index contributed by atoms with van der Waals surface area (Å²) in [5, 5.41) is 0. The van der Waals surface area contributed by atoms with Crippen LogP contribution in [-0.2, 0) is 10.2 Å². The summed E-state index contributed by atoms with van der Waals surface area (Å²) in [5.74, 6) is -0.262. The second-order valence-corrected chi connectivity index (χ2v) is 7.02. The Morgan fingerprint density at radius 1 is 1.50 bits per heavy atom. The van der Waals surface area contributed by atoms with E-state index in [1.54, 1.807) is 6.07 Å². The minimum absolute atomic E-state index is 0.194. The number of benzene rings is 1. The third-order valence-corrected chi connectivity index (χ3v) is 5.55. The van der Waals surface area contributed by atoms with Crippen molar-refractivity contribution in [3.63, 3.8) is 0 Å². The van der Waals surface area contributed by atoms with Crippen molar-refractivity contribution in [2.75, 3.05) is 31.0 Å². The van der Waals surface area contributed by atoms with Gasteiger partial charge in [0.2, 0.25) is 0 Å². The van der Waals surface area contributed by atoms with E-state index < -0.39 is 16.0 Å². The van der Waals surface area contributed by atoms with Gasteiger partial charge in [-0.05, 0) is 43.5 Å². The predicted molar refractivity (Wildman–Crippen MR) is 77.1 cm³/mol. The van der Waals surface area contributed by atoms with Crippen LogP contribution in [0.1, 0.15) is 12.8 Å². The fourth-order valence-corrected chi connectivity index (χ4v) is 3.89. The summed E-state index contributed by atoms with van der Waals surface area (Å²) in [4.78, 5) is 0. The number of rotatable bonds is 4. The van der Waals surface area contributed by atoms with E-state index in [1.165, 1.54) is 29.6 Å². The van der Waals surface area contributed by atoms with E-state index >= 15 is 0 Å². The quantitative estimate of drug-likeness (QED) is 0.908. The number of halogens is 1. The highest BCUT2D eigenvalue weighted by atomic mass is 32.2. The molecule has 1 aromatic carbocycles. The first kappa shape index (κ1) is 15.2. The third-order valence-electron chi connectivity index (χ3n) is 3.66. The summed E-state index contributed by atoms with van der Waals surface area (Å²) in [6.45, 7) is 1.40. The molecule has 2 rings (SSSR count). The number of nitrogens with two attached hydrogens (primary N) is 1. The van der Waals surface area contributed by atoms with Crippen molar-refractivity contribution in [3.05, 3.63) is 30.1 Å². The summed E-state index contributed by atoms with van der Waals surface area (Å²) >= 11 is 0. The zero-order valence-electron chi connectivity index (χ0n) is 11.5. The lowest BCUT2D eigenvalue weighted by Gasteiger charge is -2.34. The largest absolute Gasteiger partial charge is 0.330 e. The molecule has 0 radical (unpaired) electrons. The van der Waals surface area contributed by atoms with Crippen LogP contribution >= 0.6 is 0 Å². The highest BCUT2D eigenvalue weighted by molar-refractivity contribution is 7.90. The smallest absolute Gasteiger partial charge is 0.303 e. The molecular formula is C13H20FN3O2S. The second-order valence-electron chi connectivity index (χ2n) is 5.06. The lowest BCUT2D eigenvalue weighted by molar-refractivity contribution is 0.271. The van der Waals surface area contributed by atoms with Gasteiger partial charge in [-0.1, -0.05) is 6.07 Å². The van der Waals surface area contributed by atoms with Gasteiger partial charge in [0.15, 0.2) is 0 Å². The van der Waals surface area contributed by atoms with E-state index in [1.807, 2.05) is 0 Å². The topological polar surface area (TPSA) is 66.6 Å². The lowest BCUT2D eigenvalue weighted by Crippen LogP contribution is -2.48. The van der Waals surface area contributed by atoms with E-state index in [2.05, 4.69) is 0 Å². The fraction of sp³-hybridized carbons (Fsp3) is 0.538. The van der Waals surface area contributed by atoms with Crippen molar-refractivity contribution >= 4 is 15.9 Å². The maximum absolute atomic E-state index is 13.2. The molecule has 0 spiro atoms. The Morgan fingerprint density at radius 2 is 2.25 bits per heavy atom. The van der Waals surface area contributed by atoms with E-state index in [9.17, 15) is 12.8 Å². The van der Waals surface area contributed by atoms with Crippen LogP contribution in [-0.4, -0.2) is 39.4 Å². The number of nitrogens with zero attached hydrogens (tertiary/aromatic N) is 2. The molecule has 1 saturated heterocycles. The van der Waals surface area contributed by atoms with Crippen LogP contribution < -0.4 is 10.0 Å². The van der Waals surface area contributed by atoms with E-state index in [0.717, 1.165) is 17.1 Å². The Hall–Kier alpha value is -1.18. The molecule has 5 nitrogen and oxygen atoms in total. The van der Waals surface area contributed by atoms with Crippen molar-refractivity contribution in [2.45, 2.75) is 12.8 Å². The van der Waals surface area contributed by atoms with Crippen LogP contribution in [0.15, 0.2) is 24.3 Å². The van der Waals surface area contributed by atoms with Gasteiger partial charge in [-0.25, -0.2) is 4.39 Å². The summed E-state index contributed by atoms with van der Waals surface area (Å²) in [5.41, 5.74) is 5.95. The van der Waals surface area contributed by atoms with Crippen LogP contribution in [0.2, 0.25) is 0 Å². The van der Waals surface area contributed by atoms with Gasteiger partial charge in [0.05, 0.1) is 5.69 Å². The van der Waals surface area contributed by atoms with Gasteiger partial charge in [-0.2, -0.15) is 12.7 Å². The van der Waals surface area contributed by atoms with Crippen LogP contribution in [0.4, 0.5) is 10.1 Å². The zero-order chi connectivity index (χ0) is 14.8. The van der Waals surface area contributed by atoms with Gasteiger partial charge < -0.3 is 5.73 Å². The Bertz CT molecular complexity index is 564. The molecule has 0 saturated carbocycles. The van der Waals surface area contributed by atoms with Crippen LogP contribution in [0.3, 0.4) is 0 Å². The van der Waals surface area contributed by atoms with Gasteiger partial charge in [-0.3, -0.25) is 4.31 Å². The lowest BCUT2D eigenvalue weighted by atomic mass is 10.0. The summed E-state index contributed by atoms with van der Waals surface area (Å²) in [6.07, 6.45) is 1.75. The van der Waals surface area contributed by atoms with E-state index in [0.29, 0.717) is 25.3 Å². The molecule has 0 aliphatic carbocycles. The average Bonchev–Trinajstić information content (AvgIpc) is 2.46. The monoisotopic (exact) mass is 301 g/mol. The highest BCUT2D eigenvalue weighted by Gasteiger charge is 2.31. The minimum Gasteiger partial charge on any atom is -0.330 e. The van der Waals surface area contributed by atoms with E-state index in [-0.39, 0.29) is 5.92 Å². The first-order valence-electron chi connectivity index (χ1n) is 6.65. The van der Waals surface area contributed by atoms with E-state index in [4.69, 9.17) is 5.73 Å². The SMILES string of the molecule is CN(c1cccc(F)c1)S(=O)(=O)N1CCCC(CN)C1. The van der Waals surface area contributed by atoms with Crippen molar-refractivity contribution < 1.29 is 12.8 Å². The van der Waals surface area contributed by atoms with Crippen LogP contribution in [0.25, 0.3) is 0 Å². The molecule has 112 valence electrons. The van der Waals surface area contributed by atoms with Gasteiger partial charge in [0, 0.05) is 20.1 Å². The minimum atomic E-state index is -3.63. The van der Waals surface area contributed by atoms with Crippen molar-refractivity contribution in [3.8, 4) is 0 Å². The fourth-order valence-electron chi connectivity index (χ4n) is 2.41. The second kappa shape index (κ2) is 6.07. The van der Waals surface area contributed by atoms with Crippen LogP contribution in [0.5, 0.6) is 0 Å². The summed E-state index contributed by atoms with van der Waals surface area (Å²) in [6, 6.07) is 5.57. The molecule has 2 N–H and O–H groups in total. The molecule has 0 bridgehead atoms. The first-order chi connectivity index (χ1) is 9.45.